The van der Waals surface area contributed by atoms with Crippen molar-refractivity contribution in [1.29, 1.82) is 0 Å². The first-order chi connectivity index (χ1) is 8.50. The average molecular weight is 256 g/mol. The molecule has 0 saturated heterocycles. The molecule has 0 atom stereocenters. The molecule has 1 aromatic rings. The highest BCUT2D eigenvalue weighted by Crippen LogP contribution is 2.31. The predicted octanol–water partition coefficient (Wildman–Crippen LogP) is 2.35. The Labute approximate surface area is 102 Å². The molecule has 0 bridgehead atoms. The molecule has 2 rings (SSSR count). The fraction of sp³-hybridized carbons (Fsp3) is 0.333. The Morgan fingerprint density at radius 3 is 2.67 bits per heavy atom. The number of alkyl halides is 3. The van der Waals surface area contributed by atoms with E-state index in [9.17, 15) is 18.0 Å². The summed E-state index contributed by atoms with van der Waals surface area (Å²) in [5.41, 5.74) is 0.515. The molecule has 96 valence electrons. The van der Waals surface area contributed by atoms with E-state index in [0.717, 1.165) is 24.2 Å². The summed E-state index contributed by atoms with van der Waals surface area (Å²) in [7, 11) is 0. The van der Waals surface area contributed by atoms with Gasteiger partial charge < -0.3 is 4.90 Å². The van der Waals surface area contributed by atoms with Gasteiger partial charge in [0, 0.05) is 25.5 Å². The minimum Gasteiger partial charge on any atom is -0.341 e. The van der Waals surface area contributed by atoms with Crippen LogP contribution in [-0.4, -0.2) is 29.4 Å². The molecular weight excluding hydrogens is 245 g/mol. The van der Waals surface area contributed by atoms with Crippen LogP contribution >= 0.6 is 0 Å². The van der Waals surface area contributed by atoms with Crippen molar-refractivity contribution >= 4 is 12.0 Å². The molecule has 0 fully saturated rings. The zero-order valence-corrected chi connectivity index (χ0v) is 9.44. The van der Waals surface area contributed by atoms with Crippen molar-refractivity contribution in [3.63, 3.8) is 0 Å². The molecule has 0 aliphatic carbocycles. The van der Waals surface area contributed by atoms with Gasteiger partial charge in [0.1, 0.15) is 0 Å². The lowest BCUT2D eigenvalue weighted by atomic mass is 10.00. The van der Waals surface area contributed by atoms with Gasteiger partial charge in [-0.05, 0) is 23.6 Å². The van der Waals surface area contributed by atoms with Gasteiger partial charge in [-0.15, -0.1) is 0 Å². The molecule has 6 heteroatoms. The Bertz CT molecular complexity index is 482. The molecule has 0 saturated carbocycles. The lowest BCUT2D eigenvalue weighted by Crippen LogP contribution is -2.26. The highest BCUT2D eigenvalue weighted by atomic mass is 19.4. The maximum Gasteiger partial charge on any atom is 0.417 e. The topological polar surface area (TPSA) is 33.2 Å². The monoisotopic (exact) mass is 256 g/mol. The summed E-state index contributed by atoms with van der Waals surface area (Å²) in [6.07, 6.45) is 0.879. The van der Waals surface area contributed by atoms with Crippen LogP contribution in [0.4, 0.5) is 13.2 Å². The summed E-state index contributed by atoms with van der Waals surface area (Å²) >= 11 is 0. The van der Waals surface area contributed by atoms with Crippen LogP contribution in [0.1, 0.15) is 17.5 Å². The quantitative estimate of drug-likeness (QED) is 0.761. The van der Waals surface area contributed by atoms with Gasteiger partial charge in [0.25, 0.3) is 0 Å². The SMILES string of the molecule is O=CN1CC=C(c2cncc(C(F)(F)F)c2)CC1. The molecule has 1 aromatic heterocycles. The maximum absolute atomic E-state index is 12.5. The highest BCUT2D eigenvalue weighted by Gasteiger charge is 2.31. The van der Waals surface area contributed by atoms with Gasteiger partial charge in [-0.25, -0.2) is 0 Å². The number of pyridine rings is 1. The summed E-state index contributed by atoms with van der Waals surface area (Å²) < 4.78 is 37.6. The van der Waals surface area contributed by atoms with Gasteiger partial charge in [-0.1, -0.05) is 6.08 Å². The largest absolute Gasteiger partial charge is 0.417 e. The first-order valence-corrected chi connectivity index (χ1v) is 5.41. The Balaban J connectivity index is 2.25. The fourth-order valence-corrected chi connectivity index (χ4v) is 1.81. The zero-order chi connectivity index (χ0) is 13.2. The number of amides is 1. The number of rotatable bonds is 2. The van der Waals surface area contributed by atoms with E-state index >= 15 is 0 Å². The fourth-order valence-electron chi connectivity index (χ4n) is 1.81. The molecule has 0 unspecified atom stereocenters. The van der Waals surface area contributed by atoms with Gasteiger partial charge in [-0.2, -0.15) is 13.2 Å². The van der Waals surface area contributed by atoms with E-state index in [0.29, 0.717) is 25.1 Å². The van der Waals surface area contributed by atoms with E-state index in [1.807, 2.05) is 0 Å². The lowest BCUT2D eigenvalue weighted by molar-refractivity contribution is -0.137. The zero-order valence-electron chi connectivity index (χ0n) is 9.44. The number of nitrogens with zero attached hydrogens (tertiary/aromatic N) is 2. The molecule has 0 radical (unpaired) electrons. The second kappa shape index (κ2) is 4.80. The molecule has 1 aliphatic rings. The molecule has 0 spiro atoms. The Hall–Kier alpha value is -1.85. The van der Waals surface area contributed by atoms with E-state index in [1.165, 1.54) is 6.20 Å². The van der Waals surface area contributed by atoms with Crippen LogP contribution in [0.15, 0.2) is 24.5 Å². The third kappa shape index (κ3) is 2.69. The highest BCUT2D eigenvalue weighted by molar-refractivity contribution is 5.67. The van der Waals surface area contributed by atoms with E-state index in [-0.39, 0.29) is 0 Å². The van der Waals surface area contributed by atoms with Crippen molar-refractivity contribution in [2.45, 2.75) is 12.6 Å². The number of hydrogen-bond donors (Lipinski definition) is 0. The number of aromatic nitrogens is 1. The standard InChI is InChI=1S/C12H11F3N2O/c13-12(14,15)11-5-10(6-16-7-11)9-1-3-17(8-18)4-2-9/h1,5-8H,2-4H2. The smallest absolute Gasteiger partial charge is 0.341 e. The lowest BCUT2D eigenvalue weighted by Gasteiger charge is -2.22. The minimum absolute atomic E-state index is 0.426. The van der Waals surface area contributed by atoms with Crippen LogP contribution in [0.3, 0.4) is 0 Å². The molecule has 3 nitrogen and oxygen atoms in total. The van der Waals surface area contributed by atoms with Crippen LogP contribution in [0.25, 0.3) is 5.57 Å². The summed E-state index contributed by atoms with van der Waals surface area (Å²) in [5.74, 6) is 0. The number of carbonyl (C=O) groups is 1. The molecule has 1 amide bonds. The summed E-state index contributed by atoms with van der Waals surface area (Å²) in [6.45, 7) is 0.945. The van der Waals surface area contributed by atoms with Crippen LogP contribution in [0.5, 0.6) is 0 Å². The van der Waals surface area contributed by atoms with Gasteiger partial charge in [0.05, 0.1) is 5.56 Å². The van der Waals surface area contributed by atoms with Gasteiger partial charge in [0.15, 0.2) is 0 Å². The second-order valence-corrected chi connectivity index (χ2v) is 4.04. The number of hydrogen-bond acceptors (Lipinski definition) is 2. The number of carbonyl (C=O) groups excluding carboxylic acids is 1. The first kappa shape index (κ1) is 12.6. The summed E-state index contributed by atoms with van der Waals surface area (Å²) in [5, 5.41) is 0. The molecule has 18 heavy (non-hydrogen) atoms. The maximum atomic E-state index is 12.5. The van der Waals surface area contributed by atoms with Crippen molar-refractivity contribution in [3.8, 4) is 0 Å². The van der Waals surface area contributed by atoms with Crippen molar-refractivity contribution in [2.75, 3.05) is 13.1 Å². The van der Waals surface area contributed by atoms with Crippen LogP contribution in [-0.2, 0) is 11.0 Å². The van der Waals surface area contributed by atoms with Gasteiger partial charge >= 0.3 is 6.18 Å². The molecular formula is C12H11F3N2O. The van der Waals surface area contributed by atoms with Crippen molar-refractivity contribution < 1.29 is 18.0 Å². The normalized spacial score (nSPS) is 16.4. The van der Waals surface area contributed by atoms with Gasteiger partial charge in [-0.3, -0.25) is 9.78 Å². The Morgan fingerprint density at radius 2 is 2.11 bits per heavy atom. The first-order valence-electron chi connectivity index (χ1n) is 5.41. The average Bonchev–Trinajstić information content (AvgIpc) is 2.38. The predicted molar refractivity (Wildman–Crippen MR) is 59.5 cm³/mol. The van der Waals surface area contributed by atoms with E-state index in [1.54, 1.807) is 11.0 Å². The van der Waals surface area contributed by atoms with Crippen molar-refractivity contribution in [1.82, 2.24) is 9.88 Å². The second-order valence-electron chi connectivity index (χ2n) is 4.04. The summed E-state index contributed by atoms with van der Waals surface area (Å²) in [6, 6.07) is 1.09. The van der Waals surface area contributed by atoms with E-state index in [4.69, 9.17) is 0 Å². The molecule has 0 N–H and O–H groups in total. The van der Waals surface area contributed by atoms with E-state index in [2.05, 4.69) is 4.98 Å². The minimum atomic E-state index is -4.38. The van der Waals surface area contributed by atoms with Gasteiger partial charge in [0.2, 0.25) is 6.41 Å². The van der Waals surface area contributed by atoms with E-state index < -0.39 is 11.7 Å². The van der Waals surface area contributed by atoms with Crippen LogP contribution < -0.4 is 0 Å². The van der Waals surface area contributed by atoms with Crippen LogP contribution in [0.2, 0.25) is 0 Å². The Kier molecular flexibility index (Phi) is 3.36. The molecule has 1 aliphatic heterocycles. The molecule has 2 heterocycles. The van der Waals surface area contributed by atoms with Crippen molar-refractivity contribution in [3.05, 3.63) is 35.7 Å². The Morgan fingerprint density at radius 1 is 1.33 bits per heavy atom. The molecule has 0 aromatic carbocycles. The number of halogens is 3. The third-order valence-electron chi connectivity index (χ3n) is 2.83. The third-order valence-corrected chi connectivity index (χ3v) is 2.83. The van der Waals surface area contributed by atoms with Crippen LogP contribution in [0, 0.1) is 0 Å². The van der Waals surface area contributed by atoms with Crippen molar-refractivity contribution in [2.24, 2.45) is 0 Å². The summed E-state index contributed by atoms with van der Waals surface area (Å²) in [4.78, 5) is 15.7.